The molecular formula is C26H30O2. The SMILES string of the molecule is C/C=C/COc1c2ccc(CC)cc2c(OC/C=C/C)c2cc(CC)ccc12. The Morgan fingerprint density at radius 1 is 0.643 bits per heavy atom. The first kappa shape index (κ1) is 20.0. The van der Waals surface area contributed by atoms with Crippen LogP contribution in [-0.2, 0) is 12.8 Å². The van der Waals surface area contributed by atoms with Crippen LogP contribution in [0.15, 0.2) is 60.7 Å². The van der Waals surface area contributed by atoms with Crippen molar-refractivity contribution >= 4 is 21.5 Å². The van der Waals surface area contributed by atoms with Crippen molar-refractivity contribution in [1.29, 1.82) is 0 Å². The minimum absolute atomic E-state index is 0.560. The number of hydrogen-bond donors (Lipinski definition) is 0. The Labute approximate surface area is 168 Å². The molecule has 0 spiro atoms. The van der Waals surface area contributed by atoms with E-state index in [9.17, 15) is 0 Å². The first-order valence-corrected chi connectivity index (χ1v) is 10.2. The second kappa shape index (κ2) is 9.45. The lowest BCUT2D eigenvalue weighted by Crippen LogP contribution is -2.00. The monoisotopic (exact) mass is 374 g/mol. The summed E-state index contributed by atoms with van der Waals surface area (Å²) in [6.07, 6.45) is 10.1. The predicted octanol–water partition coefficient (Wildman–Crippen LogP) is 7.03. The molecular weight excluding hydrogens is 344 g/mol. The Bertz CT molecular complexity index is 947. The average Bonchev–Trinajstić information content (AvgIpc) is 2.74. The predicted molar refractivity (Wildman–Crippen MR) is 121 cm³/mol. The van der Waals surface area contributed by atoms with Crippen LogP contribution in [0.3, 0.4) is 0 Å². The van der Waals surface area contributed by atoms with Crippen LogP contribution in [0.5, 0.6) is 11.5 Å². The highest BCUT2D eigenvalue weighted by atomic mass is 16.5. The molecule has 2 nitrogen and oxygen atoms in total. The largest absolute Gasteiger partial charge is 0.488 e. The van der Waals surface area contributed by atoms with Gasteiger partial charge in [-0.3, -0.25) is 0 Å². The first-order valence-electron chi connectivity index (χ1n) is 10.2. The van der Waals surface area contributed by atoms with Crippen molar-refractivity contribution in [1.82, 2.24) is 0 Å². The summed E-state index contributed by atoms with van der Waals surface area (Å²) in [4.78, 5) is 0. The summed E-state index contributed by atoms with van der Waals surface area (Å²) in [5, 5.41) is 4.46. The number of allylic oxidation sites excluding steroid dienone is 2. The Balaban J connectivity index is 2.34. The fraction of sp³-hybridized carbons (Fsp3) is 0.308. The van der Waals surface area contributed by atoms with Crippen molar-refractivity contribution in [2.45, 2.75) is 40.5 Å². The minimum atomic E-state index is 0.560. The topological polar surface area (TPSA) is 18.5 Å². The van der Waals surface area contributed by atoms with E-state index in [1.807, 2.05) is 38.2 Å². The molecule has 0 aliphatic rings. The van der Waals surface area contributed by atoms with E-state index in [-0.39, 0.29) is 0 Å². The van der Waals surface area contributed by atoms with Gasteiger partial charge < -0.3 is 9.47 Å². The number of benzene rings is 3. The summed E-state index contributed by atoms with van der Waals surface area (Å²) in [7, 11) is 0. The van der Waals surface area contributed by atoms with Crippen LogP contribution in [0, 0.1) is 0 Å². The van der Waals surface area contributed by atoms with E-state index in [2.05, 4.69) is 50.2 Å². The Kier molecular flexibility index (Phi) is 6.76. The summed E-state index contributed by atoms with van der Waals surface area (Å²) in [6, 6.07) is 13.2. The molecule has 28 heavy (non-hydrogen) atoms. The molecule has 0 saturated carbocycles. The van der Waals surface area contributed by atoms with Crippen LogP contribution in [0.2, 0.25) is 0 Å². The molecule has 0 bridgehead atoms. The first-order chi connectivity index (χ1) is 13.7. The fourth-order valence-corrected chi connectivity index (χ4v) is 3.45. The molecule has 0 aromatic heterocycles. The van der Waals surface area contributed by atoms with Crippen LogP contribution in [-0.4, -0.2) is 13.2 Å². The third-order valence-electron chi connectivity index (χ3n) is 5.08. The van der Waals surface area contributed by atoms with E-state index in [0.29, 0.717) is 13.2 Å². The number of aryl methyl sites for hydroxylation is 2. The fourth-order valence-electron chi connectivity index (χ4n) is 3.45. The summed E-state index contributed by atoms with van der Waals surface area (Å²) in [5.41, 5.74) is 2.60. The van der Waals surface area contributed by atoms with E-state index in [1.165, 1.54) is 11.1 Å². The molecule has 2 heteroatoms. The molecule has 3 aromatic carbocycles. The maximum atomic E-state index is 6.30. The summed E-state index contributed by atoms with van der Waals surface area (Å²) < 4.78 is 12.5. The Hall–Kier alpha value is -2.74. The van der Waals surface area contributed by atoms with Gasteiger partial charge in [-0.05, 0) is 49.9 Å². The summed E-state index contributed by atoms with van der Waals surface area (Å²) >= 11 is 0. The Morgan fingerprint density at radius 3 is 1.46 bits per heavy atom. The zero-order valence-corrected chi connectivity index (χ0v) is 17.4. The lowest BCUT2D eigenvalue weighted by molar-refractivity contribution is 0.365. The third kappa shape index (κ3) is 4.06. The van der Waals surface area contributed by atoms with E-state index >= 15 is 0 Å². The van der Waals surface area contributed by atoms with Crippen LogP contribution in [0.4, 0.5) is 0 Å². The zero-order chi connectivity index (χ0) is 19.9. The van der Waals surface area contributed by atoms with Crippen molar-refractivity contribution in [2.75, 3.05) is 13.2 Å². The van der Waals surface area contributed by atoms with Crippen molar-refractivity contribution in [3.63, 3.8) is 0 Å². The molecule has 0 atom stereocenters. The standard InChI is InChI=1S/C26H30O2/c1-5-9-15-27-25-21-13-11-19(7-3)17-23(21)26(28-16-10-6-2)24-18-20(8-4)12-14-22(24)25/h5-6,9-14,17-18H,7-8,15-16H2,1-4H3/b9-5+,10-6+. The van der Waals surface area contributed by atoms with E-state index < -0.39 is 0 Å². The van der Waals surface area contributed by atoms with Gasteiger partial charge in [-0.1, -0.05) is 62.4 Å². The minimum Gasteiger partial charge on any atom is -0.488 e. The van der Waals surface area contributed by atoms with Gasteiger partial charge in [0.25, 0.3) is 0 Å². The van der Waals surface area contributed by atoms with Crippen LogP contribution in [0.25, 0.3) is 21.5 Å². The summed E-state index contributed by atoms with van der Waals surface area (Å²) in [6.45, 7) is 9.51. The molecule has 0 N–H and O–H groups in total. The van der Waals surface area contributed by atoms with Gasteiger partial charge in [0, 0.05) is 21.5 Å². The van der Waals surface area contributed by atoms with E-state index in [0.717, 1.165) is 45.9 Å². The highest BCUT2D eigenvalue weighted by Gasteiger charge is 2.17. The molecule has 0 fully saturated rings. The molecule has 0 aliphatic heterocycles. The molecule has 3 rings (SSSR count). The van der Waals surface area contributed by atoms with Gasteiger partial charge in [0.2, 0.25) is 0 Å². The lowest BCUT2D eigenvalue weighted by Gasteiger charge is -2.18. The van der Waals surface area contributed by atoms with E-state index in [4.69, 9.17) is 9.47 Å². The van der Waals surface area contributed by atoms with Gasteiger partial charge in [-0.2, -0.15) is 0 Å². The zero-order valence-electron chi connectivity index (χ0n) is 17.4. The van der Waals surface area contributed by atoms with Crippen molar-refractivity contribution < 1.29 is 9.47 Å². The van der Waals surface area contributed by atoms with Gasteiger partial charge >= 0.3 is 0 Å². The number of fused-ring (bicyclic) bond motifs is 2. The van der Waals surface area contributed by atoms with Gasteiger partial charge in [0.15, 0.2) is 0 Å². The quantitative estimate of drug-likeness (QED) is 0.311. The number of hydrogen-bond acceptors (Lipinski definition) is 2. The van der Waals surface area contributed by atoms with Crippen LogP contribution in [0.1, 0.15) is 38.8 Å². The molecule has 3 aromatic rings. The molecule has 0 heterocycles. The molecule has 0 unspecified atom stereocenters. The second-order valence-electron chi connectivity index (χ2n) is 6.89. The lowest BCUT2D eigenvalue weighted by atomic mass is 9.96. The van der Waals surface area contributed by atoms with Gasteiger partial charge in [-0.25, -0.2) is 0 Å². The number of ether oxygens (including phenoxy) is 2. The van der Waals surface area contributed by atoms with Crippen molar-refractivity contribution in [3.05, 3.63) is 71.8 Å². The van der Waals surface area contributed by atoms with Crippen molar-refractivity contribution in [2.24, 2.45) is 0 Å². The molecule has 0 amide bonds. The van der Waals surface area contributed by atoms with Gasteiger partial charge in [0.1, 0.15) is 24.7 Å². The Morgan fingerprint density at radius 2 is 1.07 bits per heavy atom. The average molecular weight is 375 g/mol. The smallest absolute Gasteiger partial charge is 0.135 e. The maximum absolute atomic E-state index is 6.30. The maximum Gasteiger partial charge on any atom is 0.135 e. The normalized spacial score (nSPS) is 11.9. The highest BCUT2D eigenvalue weighted by molar-refractivity contribution is 6.11. The van der Waals surface area contributed by atoms with E-state index in [1.54, 1.807) is 0 Å². The molecule has 146 valence electrons. The van der Waals surface area contributed by atoms with Crippen LogP contribution < -0.4 is 9.47 Å². The van der Waals surface area contributed by atoms with Crippen LogP contribution >= 0.6 is 0 Å². The summed E-state index contributed by atoms with van der Waals surface area (Å²) in [5.74, 6) is 1.89. The number of rotatable bonds is 8. The van der Waals surface area contributed by atoms with Gasteiger partial charge in [-0.15, -0.1) is 0 Å². The molecule has 0 saturated heterocycles. The van der Waals surface area contributed by atoms with Crippen molar-refractivity contribution in [3.8, 4) is 11.5 Å². The molecule has 0 aliphatic carbocycles. The highest BCUT2D eigenvalue weighted by Crippen LogP contribution is 2.43. The third-order valence-corrected chi connectivity index (χ3v) is 5.08. The molecule has 0 radical (unpaired) electrons. The second-order valence-corrected chi connectivity index (χ2v) is 6.89. The van der Waals surface area contributed by atoms with Gasteiger partial charge in [0.05, 0.1) is 0 Å².